The first-order valence-electron chi connectivity index (χ1n) is 9.44. The number of pyridine rings is 1. The van der Waals surface area contributed by atoms with Crippen LogP contribution < -0.4 is 10.1 Å². The van der Waals surface area contributed by atoms with Crippen LogP contribution in [0.1, 0.15) is 18.5 Å². The largest absolute Gasteiger partial charge is 0.494 e. The van der Waals surface area contributed by atoms with E-state index in [0.29, 0.717) is 29.4 Å². The lowest BCUT2D eigenvalue weighted by molar-refractivity contribution is -0.140. The summed E-state index contributed by atoms with van der Waals surface area (Å²) in [6.07, 6.45) is -1.40. The molecule has 5 nitrogen and oxygen atoms in total. The minimum absolute atomic E-state index is 0.0182. The molecule has 1 fully saturated rings. The second-order valence-electron chi connectivity index (χ2n) is 7.05. The molecule has 1 saturated heterocycles. The average molecular weight is 411 g/mol. The molecule has 2 aromatic heterocycles. The van der Waals surface area contributed by atoms with Crippen molar-refractivity contribution in [1.82, 2.24) is 14.9 Å². The molecule has 3 aromatic rings. The summed E-state index contributed by atoms with van der Waals surface area (Å²) < 4.78 is 67.3. The molecule has 9 heteroatoms. The second-order valence-corrected chi connectivity index (χ2v) is 7.05. The fourth-order valence-corrected chi connectivity index (χ4v) is 3.90. The molecule has 29 heavy (non-hydrogen) atoms. The van der Waals surface area contributed by atoms with Crippen molar-refractivity contribution in [2.75, 3.05) is 26.8 Å². The number of nitrogens with one attached hydrogen (secondary N) is 1. The predicted octanol–water partition coefficient (Wildman–Crippen LogP) is 4.12. The third kappa shape index (κ3) is 3.76. The monoisotopic (exact) mass is 411 g/mol. The van der Waals surface area contributed by atoms with Crippen LogP contribution >= 0.6 is 0 Å². The van der Waals surface area contributed by atoms with Gasteiger partial charge in [-0.25, -0.2) is 9.37 Å². The van der Waals surface area contributed by atoms with Crippen molar-refractivity contribution < 1.29 is 27.0 Å². The number of methoxy groups -OCH3 is 1. The molecule has 1 aliphatic heterocycles. The molecule has 0 amide bonds. The number of aromatic nitrogens is 2. The summed E-state index contributed by atoms with van der Waals surface area (Å²) in [6, 6.07) is 4.13. The van der Waals surface area contributed by atoms with Gasteiger partial charge in [-0.15, -0.1) is 0 Å². The molecule has 1 atom stereocenters. The van der Waals surface area contributed by atoms with Gasteiger partial charge in [0.1, 0.15) is 0 Å². The van der Waals surface area contributed by atoms with Crippen molar-refractivity contribution in [1.29, 1.82) is 0 Å². The third-order valence-electron chi connectivity index (χ3n) is 5.22. The first-order valence-corrected chi connectivity index (χ1v) is 9.44. The zero-order chi connectivity index (χ0) is 20.6. The number of hydrogen-bond acceptors (Lipinski definition) is 4. The quantitative estimate of drug-likeness (QED) is 0.490. The van der Waals surface area contributed by atoms with E-state index in [0.717, 1.165) is 25.6 Å². The zero-order valence-electron chi connectivity index (χ0n) is 15.9. The second kappa shape index (κ2) is 7.79. The summed E-state index contributed by atoms with van der Waals surface area (Å²) in [5.74, 6) is -0.642. The number of halogens is 4. The summed E-state index contributed by atoms with van der Waals surface area (Å²) >= 11 is 0. The summed E-state index contributed by atoms with van der Waals surface area (Å²) in [4.78, 5) is 3.58. The van der Waals surface area contributed by atoms with Crippen LogP contribution in [0.25, 0.3) is 21.8 Å². The van der Waals surface area contributed by atoms with E-state index < -0.39 is 17.7 Å². The smallest absolute Gasteiger partial charge is 0.435 e. The van der Waals surface area contributed by atoms with E-state index in [-0.39, 0.29) is 23.9 Å². The maximum absolute atomic E-state index is 14.3. The highest BCUT2D eigenvalue weighted by molar-refractivity contribution is 6.09. The molecule has 0 radical (unpaired) electrons. The predicted molar refractivity (Wildman–Crippen MR) is 101 cm³/mol. The first-order chi connectivity index (χ1) is 13.9. The van der Waals surface area contributed by atoms with Crippen LogP contribution in [-0.2, 0) is 17.5 Å². The summed E-state index contributed by atoms with van der Waals surface area (Å²) in [6.45, 7) is 2.07. The van der Waals surface area contributed by atoms with Crippen molar-refractivity contribution in [3.05, 3.63) is 35.9 Å². The van der Waals surface area contributed by atoms with Crippen molar-refractivity contribution >= 4 is 21.8 Å². The van der Waals surface area contributed by atoms with E-state index >= 15 is 0 Å². The van der Waals surface area contributed by atoms with Crippen molar-refractivity contribution in [2.24, 2.45) is 0 Å². The Balaban J connectivity index is 1.77. The Bertz CT molecular complexity index is 1030. The van der Waals surface area contributed by atoms with E-state index in [2.05, 4.69) is 10.3 Å². The van der Waals surface area contributed by atoms with E-state index in [1.165, 1.54) is 29.9 Å². The highest BCUT2D eigenvalue weighted by Gasteiger charge is 2.36. The number of fused-ring (bicyclic) bond motifs is 3. The van der Waals surface area contributed by atoms with Gasteiger partial charge >= 0.3 is 6.18 Å². The maximum atomic E-state index is 14.3. The van der Waals surface area contributed by atoms with Gasteiger partial charge in [-0.3, -0.25) is 0 Å². The Hall–Kier alpha value is -2.39. The van der Waals surface area contributed by atoms with Gasteiger partial charge in [0.25, 0.3) is 0 Å². The van der Waals surface area contributed by atoms with E-state index in [1.807, 2.05) is 0 Å². The Morgan fingerprint density at radius 1 is 1.31 bits per heavy atom. The number of ether oxygens (including phenoxy) is 2. The third-order valence-corrected chi connectivity index (χ3v) is 5.22. The molecule has 1 aromatic carbocycles. The molecule has 3 heterocycles. The Kier molecular flexibility index (Phi) is 5.35. The van der Waals surface area contributed by atoms with Crippen molar-refractivity contribution in [2.45, 2.75) is 31.7 Å². The van der Waals surface area contributed by atoms with Gasteiger partial charge in [-0.1, -0.05) is 0 Å². The van der Waals surface area contributed by atoms with Gasteiger partial charge in [0.15, 0.2) is 17.3 Å². The maximum Gasteiger partial charge on any atom is 0.435 e. The minimum atomic E-state index is -4.63. The normalized spacial score (nSPS) is 17.5. The number of nitrogens with zero attached hydrogens (tertiary/aromatic N) is 2. The van der Waals surface area contributed by atoms with E-state index in [1.54, 1.807) is 0 Å². The topological polar surface area (TPSA) is 48.3 Å². The molecule has 0 saturated carbocycles. The number of rotatable bonds is 6. The van der Waals surface area contributed by atoms with Gasteiger partial charge in [0.2, 0.25) is 0 Å². The Morgan fingerprint density at radius 3 is 2.83 bits per heavy atom. The van der Waals surface area contributed by atoms with Crippen LogP contribution in [0.2, 0.25) is 0 Å². The van der Waals surface area contributed by atoms with Gasteiger partial charge in [-0.2, -0.15) is 13.2 Å². The molecule has 0 bridgehead atoms. The van der Waals surface area contributed by atoms with E-state index in [4.69, 9.17) is 9.47 Å². The van der Waals surface area contributed by atoms with Crippen LogP contribution in [0.5, 0.6) is 5.75 Å². The highest BCUT2D eigenvalue weighted by atomic mass is 19.4. The SMILES string of the molecule is COc1cc2c(cc1F)c1ccnc(C(F)(F)F)c1n2CCNCC1CCCO1. The molecule has 0 spiro atoms. The zero-order valence-corrected chi connectivity index (χ0v) is 15.9. The average Bonchev–Trinajstić information content (AvgIpc) is 3.30. The summed E-state index contributed by atoms with van der Waals surface area (Å²) in [5, 5.41) is 3.94. The summed E-state index contributed by atoms with van der Waals surface area (Å²) in [7, 11) is 1.32. The molecule has 156 valence electrons. The molecule has 1 aliphatic rings. The fraction of sp³-hybridized carbons (Fsp3) is 0.450. The number of alkyl halides is 3. The lowest BCUT2D eigenvalue weighted by Gasteiger charge is -2.14. The van der Waals surface area contributed by atoms with Crippen molar-refractivity contribution in [3.8, 4) is 5.75 Å². The minimum Gasteiger partial charge on any atom is -0.494 e. The van der Waals surface area contributed by atoms with Crippen LogP contribution in [0.3, 0.4) is 0 Å². The molecular formula is C20H21F4N3O2. The summed E-state index contributed by atoms with van der Waals surface area (Å²) in [5.41, 5.74) is -0.568. The molecule has 1 N–H and O–H groups in total. The van der Waals surface area contributed by atoms with Crippen molar-refractivity contribution in [3.63, 3.8) is 0 Å². The standard InChI is InChI=1S/C20H21F4N3O2/c1-28-17-10-16-14(9-15(17)21)13-4-5-26-19(20(22,23)24)18(13)27(16)7-6-25-11-12-3-2-8-29-12/h4-5,9-10,12,25H,2-3,6-8,11H2,1H3. The van der Waals surface area contributed by atoms with Gasteiger partial charge < -0.3 is 19.4 Å². The lowest BCUT2D eigenvalue weighted by Crippen LogP contribution is -2.29. The Labute approximate surface area is 164 Å². The van der Waals surface area contributed by atoms with Crippen LogP contribution in [-0.4, -0.2) is 42.5 Å². The van der Waals surface area contributed by atoms with Crippen LogP contribution in [0.4, 0.5) is 17.6 Å². The number of benzene rings is 1. The number of hydrogen-bond donors (Lipinski definition) is 1. The van der Waals surface area contributed by atoms with Gasteiger partial charge in [0.05, 0.1) is 24.2 Å². The fourth-order valence-electron chi connectivity index (χ4n) is 3.90. The van der Waals surface area contributed by atoms with E-state index in [9.17, 15) is 17.6 Å². The highest BCUT2D eigenvalue weighted by Crippen LogP contribution is 2.39. The molecule has 1 unspecified atom stereocenters. The van der Waals surface area contributed by atoms with Crippen LogP contribution in [0, 0.1) is 5.82 Å². The molecular weight excluding hydrogens is 390 g/mol. The van der Waals surface area contributed by atoms with Gasteiger partial charge in [-0.05, 0) is 25.0 Å². The lowest BCUT2D eigenvalue weighted by atomic mass is 10.1. The molecule has 0 aliphatic carbocycles. The Morgan fingerprint density at radius 2 is 2.14 bits per heavy atom. The van der Waals surface area contributed by atoms with Gasteiger partial charge in [0, 0.05) is 49.3 Å². The molecule has 4 rings (SSSR count). The first kappa shape index (κ1) is 19.9. The van der Waals surface area contributed by atoms with Crippen LogP contribution in [0.15, 0.2) is 24.4 Å².